The third-order valence-electron chi connectivity index (χ3n) is 2.70. The topological polar surface area (TPSA) is 56.3 Å². The minimum atomic E-state index is 0.657. The first-order valence-electron chi connectivity index (χ1n) is 6.08. The van der Waals surface area contributed by atoms with Crippen LogP contribution in [0.3, 0.4) is 0 Å². The molecule has 2 rings (SSSR count). The predicted octanol–water partition coefficient (Wildman–Crippen LogP) is 2.59. The van der Waals surface area contributed by atoms with Crippen LogP contribution in [0.15, 0.2) is 30.6 Å². The van der Waals surface area contributed by atoms with Crippen molar-refractivity contribution in [1.82, 2.24) is 9.97 Å². The average Bonchev–Trinajstić information content (AvgIpc) is 2.47. The molecule has 0 aliphatic rings. The van der Waals surface area contributed by atoms with Gasteiger partial charge in [-0.25, -0.2) is 4.98 Å². The lowest BCUT2D eigenvalue weighted by molar-refractivity contribution is 0.356. The fourth-order valence-corrected chi connectivity index (χ4v) is 1.91. The molecular formula is C14H17N3O2. The van der Waals surface area contributed by atoms with E-state index in [1.807, 2.05) is 25.1 Å². The van der Waals surface area contributed by atoms with E-state index in [2.05, 4.69) is 15.3 Å². The number of ether oxygens (including phenoxy) is 2. The van der Waals surface area contributed by atoms with E-state index >= 15 is 0 Å². The van der Waals surface area contributed by atoms with Gasteiger partial charge < -0.3 is 14.8 Å². The Kier molecular flexibility index (Phi) is 4.18. The summed E-state index contributed by atoms with van der Waals surface area (Å²) < 4.78 is 10.7. The number of hydrogen-bond acceptors (Lipinski definition) is 5. The zero-order valence-corrected chi connectivity index (χ0v) is 11.3. The zero-order chi connectivity index (χ0) is 13.7. The van der Waals surface area contributed by atoms with Crippen LogP contribution in [-0.4, -0.2) is 30.7 Å². The van der Waals surface area contributed by atoms with E-state index in [0.29, 0.717) is 11.5 Å². The molecule has 0 radical (unpaired) electrons. The number of benzene rings is 1. The SMILES string of the molecule is CCNc1nccnc1-c1cccc(OC)c1OC. The molecule has 0 aliphatic carbocycles. The van der Waals surface area contributed by atoms with E-state index in [4.69, 9.17) is 9.47 Å². The van der Waals surface area contributed by atoms with Crippen molar-refractivity contribution in [3.8, 4) is 22.8 Å². The van der Waals surface area contributed by atoms with Crippen LogP contribution in [0.2, 0.25) is 0 Å². The smallest absolute Gasteiger partial charge is 0.170 e. The van der Waals surface area contributed by atoms with E-state index in [1.54, 1.807) is 26.6 Å². The molecule has 1 N–H and O–H groups in total. The standard InChI is InChI=1S/C14H17N3O2/c1-4-15-14-12(16-8-9-17-14)10-6-5-7-11(18-2)13(10)19-3/h5-9H,4H2,1-3H3,(H,15,17). The van der Waals surface area contributed by atoms with Gasteiger partial charge in [-0.1, -0.05) is 6.07 Å². The van der Waals surface area contributed by atoms with Crippen LogP contribution in [0.4, 0.5) is 5.82 Å². The molecule has 0 saturated carbocycles. The van der Waals surface area contributed by atoms with Crippen molar-refractivity contribution < 1.29 is 9.47 Å². The van der Waals surface area contributed by atoms with Gasteiger partial charge in [-0.2, -0.15) is 0 Å². The van der Waals surface area contributed by atoms with Gasteiger partial charge in [0.15, 0.2) is 17.3 Å². The monoisotopic (exact) mass is 259 g/mol. The molecule has 0 amide bonds. The van der Waals surface area contributed by atoms with Crippen molar-refractivity contribution in [2.24, 2.45) is 0 Å². The fraction of sp³-hybridized carbons (Fsp3) is 0.286. The normalized spacial score (nSPS) is 10.1. The Morgan fingerprint density at radius 2 is 1.89 bits per heavy atom. The van der Waals surface area contributed by atoms with Crippen molar-refractivity contribution in [3.05, 3.63) is 30.6 Å². The Hall–Kier alpha value is -2.30. The third-order valence-corrected chi connectivity index (χ3v) is 2.70. The van der Waals surface area contributed by atoms with Gasteiger partial charge in [0.25, 0.3) is 0 Å². The number of nitrogens with one attached hydrogen (secondary N) is 1. The zero-order valence-electron chi connectivity index (χ0n) is 11.3. The molecule has 0 unspecified atom stereocenters. The van der Waals surface area contributed by atoms with Crippen LogP contribution >= 0.6 is 0 Å². The maximum Gasteiger partial charge on any atom is 0.170 e. The molecule has 0 spiro atoms. The molecule has 0 saturated heterocycles. The maximum atomic E-state index is 5.43. The Bertz CT molecular complexity index is 558. The molecule has 0 aliphatic heterocycles. The number of aromatic nitrogens is 2. The Balaban J connectivity index is 2.58. The number of nitrogens with zero attached hydrogens (tertiary/aromatic N) is 2. The minimum absolute atomic E-state index is 0.657. The van der Waals surface area contributed by atoms with Crippen LogP contribution < -0.4 is 14.8 Å². The highest BCUT2D eigenvalue weighted by Crippen LogP contribution is 2.38. The summed E-state index contributed by atoms with van der Waals surface area (Å²) in [7, 11) is 3.23. The molecule has 0 atom stereocenters. The van der Waals surface area contributed by atoms with E-state index in [9.17, 15) is 0 Å². The first kappa shape index (κ1) is 13.1. The average molecular weight is 259 g/mol. The van der Waals surface area contributed by atoms with Crippen LogP contribution in [0.5, 0.6) is 11.5 Å². The Labute approximate surface area is 112 Å². The predicted molar refractivity (Wildman–Crippen MR) is 74.7 cm³/mol. The third kappa shape index (κ3) is 2.59. The second-order valence-corrected chi connectivity index (χ2v) is 3.82. The van der Waals surface area contributed by atoms with Crippen LogP contribution in [0.1, 0.15) is 6.92 Å². The molecule has 19 heavy (non-hydrogen) atoms. The summed E-state index contributed by atoms with van der Waals surface area (Å²) in [6.07, 6.45) is 3.32. The van der Waals surface area contributed by atoms with Crippen molar-refractivity contribution in [3.63, 3.8) is 0 Å². The highest BCUT2D eigenvalue weighted by atomic mass is 16.5. The summed E-state index contributed by atoms with van der Waals surface area (Å²) in [5, 5.41) is 3.19. The minimum Gasteiger partial charge on any atom is -0.493 e. The van der Waals surface area contributed by atoms with Gasteiger partial charge in [0, 0.05) is 24.5 Å². The van der Waals surface area contributed by atoms with Crippen molar-refractivity contribution >= 4 is 5.82 Å². The fourth-order valence-electron chi connectivity index (χ4n) is 1.91. The molecular weight excluding hydrogens is 242 g/mol. The van der Waals surface area contributed by atoms with E-state index in [0.717, 1.165) is 23.6 Å². The first-order chi connectivity index (χ1) is 9.31. The number of hydrogen-bond donors (Lipinski definition) is 1. The maximum absolute atomic E-state index is 5.43. The molecule has 5 heteroatoms. The molecule has 5 nitrogen and oxygen atoms in total. The summed E-state index contributed by atoms with van der Waals surface area (Å²) in [6.45, 7) is 2.79. The van der Waals surface area contributed by atoms with Gasteiger partial charge >= 0.3 is 0 Å². The van der Waals surface area contributed by atoms with Crippen molar-refractivity contribution in [2.75, 3.05) is 26.1 Å². The summed E-state index contributed by atoms with van der Waals surface area (Å²) in [5.74, 6) is 2.06. The van der Waals surface area contributed by atoms with Gasteiger partial charge in [-0.15, -0.1) is 0 Å². The molecule has 100 valence electrons. The second-order valence-electron chi connectivity index (χ2n) is 3.82. The van der Waals surface area contributed by atoms with E-state index in [-0.39, 0.29) is 0 Å². The largest absolute Gasteiger partial charge is 0.493 e. The second kappa shape index (κ2) is 6.04. The summed E-state index contributed by atoms with van der Waals surface area (Å²) >= 11 is 0. The highest BCUT2D eigenvalue weighted by molar-refractivity contribution is 5.78. The van der Waals surface area contributed by atoms with Crippen LogP contribution in [0.25, 0.3) is 11.3 Å². The lowest BCUT2D eigenvalue weighted by Crippen LogP contribution is -2.03. The van der Waals surface area contributed by atoms with E-state index < -0.39 is 0 Å². The molecule has 1 aromatic carbocycles. The van der Waals surface area contributed by atoms with E-state index in [1.165, 1.54) is 0 Å². The van der Waals surface area contributed by atoms with Gasteiger partial charge in [-0.3, -0.25) is 4.98 Å². The van der Waals surface area contributed by atoms with Gasteiger partial charge in [0.2, 0.25) is 0 Å². The van der Waals surface area contributed by atoms with Gasteiger partial charge in [0.1, 0.15) is 5.69 Å². The van der Waals surface area contributed by atoms with Crippen molar-refractivity contribution in [1.29, 1.82) is 0 Å². The van der Waals surface area contributed by atoms with Crippen LogP contribution in [0, 0.1) is 0 Å². The molecule has 1 heterocycles. The summed E-state index contributed by atoms with van der Waals surface area (Å²) in [5.41, 5.74) is 1.60. The summed E-state index contributed by atoms with van der Waals surface area (Å²) in [6, 6.07) is 5.69. The number of rotatable bonds is 5. The number of methoxy groups -OCH3 is 2. The lowest BCUT2D eigenvalue weighted by atomic mass is 10.1. The number of para-hydroxylation sites is 1. The van der Waals surface area contributed by atoms with Gasteiger partial charge in [-0.05, 0) is 19.1 Å². The number of anilines is 1. The quantitative estimate of drug-likeness (QED) is 0.894. The van der Waals surface area contributed by atoms with Gasteiger partial charge in [0.05, 0.1) is 14.2 Å². The molecule has 1 aromatic heterocycles. The summed E-state index contributed by atoms with van der Waals surface area (Å²) in [4.78, 5) is 8.70. The van der Waals surface area contributed by atoms with Crippen molar-refractivity contribution in [2.45, 2.75) is 6.92 Å². The molecule has 2 aromatic rings. The Morgan fingerprint density at radius 3 is 2.58 bits per heavy atom. The molecule has 0 bridgehead atoms. The van der Waals surface area contributed by atoms with Crippen LogP contribution in [-0.2, 0) is 0 Å². The lowest BCUT2D eigenvalue weighted by Gasteiger charge is -2.14. The first-order valence-corrected chi connectivity index (χ1v) is 6.08. The molecule has 0 fully saturated rings. The Morgan fingerprint density at radius 1 is 1.11 bits per heavy atom. The highest BCUT2D eigenvalue weighted by Gasteiger charge is 2.15.